The normalized spacial score (nSPS) is 10.5. The van der Waals surface area contributed by atoms with Crippen molar-refractivity contribution in [1.29, 1.82) is 0 Å². The molecule has 0 radical (unpaired) electrons. The fourth-order valence-corrected chi connectivity index (χ4v) is 4.34. The maximum atomic E-state index is 5.28. The van der Waals surface area contributed by atoms with Crippen molar-refractivity contribution < 1.29 is 9.47 Å². The van der Waals surface area contributed by atoms with Crippen LogP contribution in [0.5, 0.6) is 11.5 Å². The van der Waals surface area contributed by atoms with Crippen LogP contribution in [0.3, 0.4) is 0 Å². The van der Waals surface area contributed by atoms with Crippen LogP contribution in [0.2, 0.25) is 0 Å². The number of rotatable bonds is 3. The summed E-state index contributed by atoms with van der Waals surface area (Å²) in [6.07, 6.45) is 1.61. The first-order chi connectivity index (χ1) is 7.80. The second kappa shape index (κ2) is 5.34. The van der Waals surface area contributed by atoms with E-state index in [9.17, 15) is 0 Å². The Morgan fingerprint density at radius 3 is 2.44 bits per heavy atom. The Morgan fingerprint density at radius 2 is 1.81 bits per heavy atom. The average Bonchev–Trinajstić information content (AvgIpc) is 2.36. The first-order valence-corrected chi connectivity index (χ1v) is 11.5. The van der Waals surface area contributed by atoms with E-state index < -0.39 is 0 Å². The molecule has 6 heteroatoms. The summed E-state index contributed by atoms with van der Waals surface area (Å²) < 4.78 is 11.7. The summed E-state index contributed by atoms with van der Waals surface area (Å²) in [5, 5.41) is 1.08. The van der Waals surface area contributed by atoms with Crippen molar-refractivity contribution in [3.63, 3.8) is 0 Å². The topological polar surface area (TPSA) is 44.2 Å². The molecule has 0 aliphatic carbocycles. The van der Waals surface area contributed by atoms with E-state index in [1.807, 2.05) is 12.1 Å². The van der Waals surface area contributed by atoms with Crippen molar-refractivity contribution in [2.75, 3.05) is 14.2 Å². The van der Waals surface area contributed by atoms with Gasteiger partial charge in [0.25, 0.3) is 0 Å². The van der Waals surface area contributed by atoms with Crippen LogP contribution in [0, 0.1) is 0 Å². The Labute approximate surface area is 114 Å². The Bertz CT molecular complexity index is 521. The number of hydrogen-bond acceptors (Lipinski definition) is 4. The molecule has 0 saturated carbocycles. The fraction of sp³-hybridized carbons (Fsp3) is 0.200. The standard InChI is InChI=1S/C10H10N2O2Se.Na/c1-13-8-3-6-7(4-9(8)14-2)11-5-12-10(6)15;/h3-5H,1-2H3,(H,11,12,15);/q;+1/p-1. The zero-order valence-corrected chi connectivity index (χ0v) is 13.1. The third-order valence-corrected chi connectivity index (χ3v) is 5.80. The van der Waals surface area contributed by atoms with Crippen molar-refractivity contribution in [1.82, 2.24) is 9.97 Å². The van der Waals surface area contributed by atoms with Gasteiger partial charge in [-0.15, -0.1) is 0 Å². The molecule has 1 heterocycles. The summed E-state index contributed by atoms with van der Waals surface area (Å²) in [7, 11) is 3.74. The molecule has 0 aliphatic rings. The van der Waals surface area contributed by atoms with E-state index in [0.717, 1.165) is 46.6 Å². The molecule has 0 unspecified atom stereocenters. The van der Waals surface area contributed by atoms with Crippen LogP contribution in [0.4, 0.5) is 0 Å². The van der Waals surface area contributed by atoms with Crippen LogP contribution in [0.15, 0.2) is 18.5 Å². The fourth-order valence-electron chi connectivity index (χ4n) is 1.52. The van der Waals surface area contributed by atoms with Crippen molar-refractivity contribution >= 4 is 51.4 Å². The van der Waals surface area contributed by atoms with Gasteiger partial charge in [-0.05, 0) is 0 Å². The van der Waals surface area contributed by atoms with E-state index in [0.29, 0.717) is 16.3 Å². The van der Waals surface area contributed by atoms with Gasteiger partial charge in [0.2, 0.25) is 0 Å². The summed E-state index contributed by atoms with van der Waals surface area (Å²) in [5.41, 5.74) is 0.917. The van der Waals surface area contributed by atoms with Gasteiger partial charge in [0.1, 0.15) is 0 Å². The Morgan fingerprint density at radius 1 is 1.12 bits per heavy atom. The van der Waals surface area contributed by atoms with Gasteiger partial charge in [-0.3, -0.25) is 0 Å². The van der Waals surface area contributed by atoms with Gasteiger partial charge in [-0.25, -0.2) is 0 Å². The quantitative estimate of drug-likeness (QED) is 0.750. The SMILES string of the molecule is COc1cc2ncnc([Se][Na])c2cc1OC. The molecule has 0 amide bonds. The molecular weight excluding hydrogens is 282 g/mol. The number of ether oxygens (including phenoxy) is 2. The Hall–Kier alpha value is -0.321. The van der Waals surface area contributed by atoms with E-state index in [2.05, 4.69) is 9.97 Å². The number of methoxy groups -OCH3 is 2. The van der Waals surface area contributed by atoms with Crippen molar-refractivity contribution in [3.05, 3.63) is 18.5 Å². The number of hydrogen-bond donors (Lipinski definition) is 0. The molecule has 0 spiro atoms. The molecule has 0 atom stereocenters. The van der Waals surface area contributed by atoms with Gasteiger partial charge >= 0.3 is 115 Å². The molecular formula is C10H9N2NaO2Se. The van der Waals surface area contributed by atoms with Crippen LogP contribution in [-0.4, -0.2) is 60.1 Å². The van der Waals surface area contributed by atoms with E-state index in [1.165, 1.54) is 0 Å². The monoisotopic (exact) mass is 292 g/mol. The summed E-state index contributed by atoms with van der Waals surface area (Å²) in [5.74, 6) is 1.44. The maximum absolute atomic E-state index is 5.28. The van der Waals surface area contributed by atoms with E-state index in [-0.39, 0.29) is 0 Å². The molecule has 2 aromatic rings. The predicted molar refractivity (Wildman–Crippen MR) is 63.8 cm³/mol. The average molecular weight is 291 g/mol. The third-order valence-electron chi connectivity index (χ3n) is 2.30. The second-order valence-electron chi connectivity index (χ2n) is 3.11. The molecule has 0 N–H and O–H groups in total. The van der Waals surface area contributed by atoms with E-state index in [1.54, 1.807) is 20.5 Å². The van der Waals surface area contributed by atoms with Gasteiger partial charge < -0.3 is 0 Å². The first kappa shape index (κ1) is 12.1. The molecule has 2 rings (SSSR count). The molecule has 78 valence electrons. The van der Waals surface area contributed by atoms with Crippen molar-refractivity contribution in [3.8, 4) is 11.5 Å². The van der Waals surface area contributed by atoms with Gasteiger partial charge in [-0.1, -0.05) is 0 Å². The minimum absolute atomic E-state index is 0.473. The molecule has 16 heavy (non-hydrogen) atoms. The van der Waals surface area contributed by atoms with Crippen LogP contribution in [0.25, 0.3) is 10.9 Å². The summed E-state index contributed by atoms with van der Waals surface area (Å²) >= 11 is 1.14. The molecule has 0 aliphatic heterocycles. The van der Waals surface area contributed by atoms with Crippen LogP contribution in [0.1, 0.15) is 0 Å². The molecule has 4 nitrogen and oxygen atoms in total. The second-order valence-corrected chi connectivity index (χ2v) is 6.90. The first-order valence-electron chi connectivity index (χ1n) is 4.71. The third kappa shape index (κ3) is 2.19. The molecule has 0 bridgehead atoms. The van der Waals surface area contributed by atoms with E-state index >= 15 is 0 Å². The minimum atomic E-state index is 0.473. The molecule has 0 fully saturated rings. The van der Waals surface area contributed by atoms with Crippen molar-refractivity contribution in [2.24, 2.45) is 0 Å². The van der Waals surface area contributed by atoms with Crippen molar-refractivity contribution in [2.45, 2.75) is 0 Å². The van der Waals surface area contributed by atoms with Crippen LogP contribution >= 0.6 is 0 Å². The van der Waals surface area contributed by atoms with Gasteiger partial charge in [0.15, 0.2) is 0 Å². The number of fused-ring (bicyclic) bond motifs is 1. The van der Waals surface area contributed by atoms with Gasteiger partial charge in [0, 0.05) is 0 Å². The number of benzene rings is 1. The van der Waals surface area contributed by atoms with E-state index in [4.69, 9.17) is 9.47 Å². The zero-order chi connectivity index (χ0) is 11.5. The molecule has 1 aromatic heterocycles. The zero-order valence-electron chi connectivity index (χ0n) is 9.35. The number of nitrogens with zero attached hydrogens (tertiary/aromatic N) is 2. The summed E-state index contributed by atoms with van der Waals surface area (Å²) in [6, 6.07) is 3.86. The Balaban J connectivity index is 2.72. The number of aromatic nitrogens is 2. The molecule has 0 saturated heterocycles. The van der Waals surface area contributed by atoms with Gasteiger partial charge in [-0.2, -0.15) is 0 Å². The van der Waals surface area contributed by atoms with Crippen LogP contribution in [-0.2, 0) is 0 Å². The molecule has 1 aromatic carbocycles. The van der Waals surface area contributed by atoms with Crippen LogP contribution < -0.4 is 14.1 Å². The van der Waals surface area contributed by atoms with Gasteiger partial charge in [0.05, 0.1) is 0 Å². The Kier molecular flexibility index (Phi) is 4.05. The predicted octanol–water partition coefficient (Wildman–Crippen LogP) is 0.0600. The summed E-state index contributed by atoms with van der Waals surface area (Å²) in [4.78, 5) is 8.56. The summed E-state index contributed by atoms with van der Waals surface area (Å²) in [6.45, 7) is 0.